The Morgan fingerprint density at radius 3 is 2.83 bits per heavy atom. The molecule has 0 unspecified atom stereocenters. The van der Waals surface area contributed by atoms with Gasteiger partial charge in [-0.05, 0) is 19.1 Å². The normalized spacial score (nSPS) is 12.5. The molecule has 128 valence electrons. The first-order chi connectivity index (χ1) is 11.6. The molecule has 1 aliphatic heterocycles. The maximum absolute atomic E-state index is 12.4. The summed E-state index contributed by atoms with van der Waals surface area (Å²) in [5.74, 6) is 2.53. The average Bonchev–Trinajstić information content (AvgIpc) is 3.21. The first-order valence-corrected chi connectivity index (χ1v) is 7.85. The predicted octanol–water partition coefficient (Wildman–Crippen LogP) is 2.98. The minimum absolute atomic E-state index is 0.181. The van der Waals surface area contributed by atoms with Crippen molar-refractivity contribution >= 4 is 11.7 Å². The molecule has 1 aromatic carbocycles. The molecule has 24 heavy (non-hydrogen) atoms. The number of amides is 2. The standard InChI is InChI=1S/C16H20N4O4/c1-4-20(8-14-18-15(10(2)3)19-24-14)16(21)17-11-5-6-12-13(7-11)23-9-22-12/h5-7,10H,4,8-9H2,1-3H3,(H,17,21). The smallest absolute Gasteiger partial charge is 0.322 e. The molecule has 2 aromatic rings. The molecule has 0 aliphatic carbocycles. The second-order valence-corrected chi connectivity index (χ2v) is 5.71. The second kappa shape index (κ2) is 6.77. The lowest BCUT2D eigenvalue weighted by Crippen LogP contribution is -2.34. The van der Waals surface area contributed by atoms with Crippen LogP contribution in [0.1, 0.15) is 38.4 Å². The lowest BCUT2D eigenvalue weighted by Gasteiger charge is -2.19. The summed E-state index contributed by atoms with van der Waals surface area (Å²) >= 11 is 0. The highest BCUT2D eigenvalue weighted by Crippen LogP contribution is 2.34. The van der Waals surface area contributed by atoms with Gasteiger partial charge >= 0.3 is 6.03 Å². The highest BCUT2D eigenvalue weighted by molar-refractivity contribution is 5.89. The maximum Gasteiger partial charge on any atom is 0.322 e. The molecule has 0 saturated heterocycles. The zero-order valence-electron chi connectivity index (χ0n) is 13.9. The van der Waals surface area contributed by atoms with Crippen molar-refractivity contribution in [2.24, 2.45) is 0 Å². The molecule has 0 spiro atoms. The van der Waals surface area contributed by atoms with Crippen LogP contribution in [0.4, 0.5) is 10.5 Å². The summed E-state index contributed by atoms with van der Waals surface area (Å²) in [5.41, 5.74) is 0.635. The van der Waals surface area contributed by atoms with Crippen LogP contribution in [0.2, 0.25) is 0 Å². The molecule has 0 fully saturated rings. The third-order valence-electron chi connectivity index (χ3n) is 3.62. The molecule has 2 amide bonds. The summed E-state index contributed by atoms with van der Waals surface area (Å²) in [6, 6.07) is 5.02. The van der Waals surface area contributed by atoms with Gasteiger partial charge in [0.25, 0.3) is 0 Å². The predicted molar refractivity (Wildman–Crippen MR) is 86.1 cm³/mol. The Kier molecular flexibility index (Phi) is 4.54. The molecule has 2 heterocycles. The number of hydrogen-bond acceptors (Lipinski definition) is 6. The monoisotopic (exact) mass is 332 g/mol. The number of nitrogens with zero attached hydrogens (tertiary/aromatic N) is 3. The van der Waals surface area contributed by atoms with Crippen LogP contribution >= 0.6 is 0 Å². The van der Waals surface area contributed by atoms with E-state index in [0.29, 0.717) is 35.4 Å². The van der Waals surface area contributed by atoms with Crippen LogP contribution in [-0.2, 0) is 6.54 Å². The van der Waals surface area contributed by atoms with Gasteiger partial charge in [-0.2, -0.15) is 4.98 Å². The first-order valence-electron chi connectivity index (χ1n) is 7.85. The van der Waals surface area contributed by atoms with Gasteiger partial charge < -0.3 is 24.2 Å². The number of ether oxygens (including phenoxy) is 2. The third-order valence-corrected chi connectivity index (χ3v) is 3.62. The third kappa shape index (κ3) is 3.42. The maximum atomic E-state index is 12.4. The number of carbonyl (C=O) groups excluding carboxylic acids is 1. The van der Waals surface area contributed by atoms with Crippen LogP contribution in [-0.4, -0.2) is 34.4 Å². The SMILES string of the molecule is CCN(Cc1nc(C(C)C)no1)C(=O)Nc1ccc2c(c1)OCO2. The van der Waals surface area contributed by atoms with E-state index in [1.807, 2.05) is 20.8 Å². The van der Waals surface area contributed by atoms with E-state index in [1.54, 1.807) is 23.1 Å². The molecule has 8 nitrogen and oxygen atoms in total. The molecule has 0 atom stereocenters. The number of urea groups is 1. The van der Waals surface area contributed by atoms with Crippen molar-refractivity contribution in [1.82, 2.24) is 15.0 Å². The molecule has 1 N–H and O–H groups in total. The van der Waals surface area contributed by atoms with Crippen LogP contribution in [0.5, 0.6) is 11.5 Å². The van der Waals surface area contributed by atoms with Gasteiger partial charge in [-0.3, -0.25) is 0 Å². The Morgan fingerprint density at radius 1 is 1.33 bits per heavy atom. The molecule has 3 rings (SSSR count). The molecule has 1 aromatic heterocycles. The van der Waals surface area contributed by atoms with Crippen LogP contribution in [0.3, 0.4) is 0 Å². The molecule has 0 bridgehead atoms. The highest BCUT2D eigenvalue weighted by Gasteiger charge is 2.19. The number of nitrogens with one attached hydrogen (secondary N) is 1. The van der Waals surface area contributed by atoms with E-state index in [-0.39, 0.29) is 25.3 Å². The molecular formula is C16H20N4O4. The van der Waals surface area contributed by atoms with Crippen molar-refractivity contribution in [3.05, 3.63) is 29.9 Å². The summed E-state index contributed by atoms with van der Waals surface area (Å²) < 4.78 is 15.8. The van der Waals surface area contributed by atoms with E-state index in [4.69, 9.17) is 14.0 Å². The average molecular weight is 332 g/mol. The fourth-order valence-electron chi connectivity index (χ4n) is 2.23. The van der Waals surface area contributed by atoms with E-state index < -0.39 is 0 Å². The topological polar surface area (TPSA) is 89.7 Å². The van der Waals surface area contributed by atoms with Crippen LogP contribution in [0.25, 0.3) is 0 Å². The van der Waals surface area contributed by atoms with Gasteiger partial charge in [0.15, 0.2) is 17.3 Å². The fourth-order valence-corrected chi connectivity index (χ4v) is 2.23. The summed E-state index contributed by atoms with van der Waals surface area (Å²) in [6.45, 7) is 6.82. The molecule has 0 saturated carbocycles. The van der Waals surface area contributed by atoms with Crippen molar-refractivity contribution < 1.29 is 18.8 Å². The van der Waals surface area contributed by atoms with Gasteiger partial charge in [0, 0.05) is 24.2 Å². The molecule has 1 aliphatic rings. The van der Waals surface area contributed by atoms with Crippen molar-refractivity contribution in [3.8, 4) is 11.5 Å². The summed E-state index contributed by atoms with van der Waals surface area (Å²) in [5, 5.41) is 6.74. The summed E-state index contributed by atoms with van der Waals surface area (Å²) in [6.07, 6.45) is 0. The number of fused-ring (bicyclic) bond motifs is 1. The van der Waals surface area contributed by atoms with Gasteiger partial charge in [0.05, 0.1) is 0 Å². The van der Waals surface area contributed by atoms with Crippen molar-refractivity contribution in [2.75, 3.05) is 18.7 Å². The number of benzene rings is 1. The van der Waals surface area contributed by atoms with Crippen LogP contribution < -0.4 is 14.8 Å². The van der Waals surface area contributed by atoms with E-state index in [9.17, 15) is 4.79 Å². The minimum atomic E-state index is -0.249. The zero-order valence-corrected chi connectivity index (χ0v) is 13.9. The van der Waals surface area contributed by atoms with E-state index in [0.717, 1.165) is 0 Å². The Labute approximate surface area is 139 Å². The Balaban J connectivity index is 1.65. The Morgan fingerprint density at radius 2 is 2.12 bits per heavy atom. The van der Waals surface area contributed by atoms with Gasteiger partial charge in [-0.1, -0.05) is 19.0 Å². The van der Waals surface area contributed by atoms with Gasteiger partial charge in [0.2, 0.25) is 12.7 Å². The largest absolute Gasteiger partial charge is 0.454 e. The Hall–Kier alpha value is -2.77. The quantitative estimate of drug-likeness (QED) is 0.905. The number of rotatable bonds is 5. The summed E-state index contributed by atoms with van der Waals surface area (Å²) in [7, 11) is 0. The number of aromatic nitrogens is 2. The number of hydrogen-bond donors (Lipinski definition) is 1. The fraction of sp³-hybridized carbons (Fsp3) is 0.438. The van der Waals surface area contributed by atoms with Crippen molar-refractivity contribution in [2.45, 2.75) is 33.2 Å². The minimum Gasteiger partial charge on any atom is -0.454 e. The summed E-state index contributed by atoms with van der Waals surface area (Å²) in [4.78, 5) is 18.3. The van der Waals surface area contributed by atoms with Crippen LogP contribution in [0, 0.1) is 0 Å². The lowest BCUT2D eigenvalue weighted by molar-refractivity contribution is 0.174. The number of anilines is 1. The van der Waals surface area contributed by atoms with E-state index >= 15 is 0 Å². The zero-order chi connectivity index (χ0) is 17.1. The van der Waals surface area contributed by atoms with Gasteiger partial charge in [-0.25, -0.2) is 4.79 Å². The lowest BCUT2D eigenvalue weighted by atomic mass is 10.2. The Bertz CT molecular complexity index is 729. The van der Waals surface area contributed by atoms with Crippen molar-refractivity contribution in [3.63, 3.8) is 0 Å². The van der Waals surface area contributed by atoms with Gasteiger partial charge in [0.1, 0.15) is 6.54 Å². The van der Waals surface area contributed by atoms with Gasteiger partial charge in [-0.15, -0.1) is 0 Å². The van der Waals surface area contributed by atoms with E-state index in [2.05, 4.69) is 15.5 Å². The molecular weight excluding hydrogens is 312 g/mol. The van der Waals surface area contributed by atoms with E-state index in [1.165, 1.54) is 0 Å². The van der Waals surface area contributed by atoms with Crippen LogP contribution in [0.15, 0.2) is 22.7 Å². The first kappa shape index (κ1) is 16.1. The highest BCUT2D eigenvalue weighted by atomic mass is 16.7. The van der Waals surface area contributed by atoms with Crippen molar-refractivity contribution in [1.29, 1.82) is 0 Å². The molecule has 8 heteroatoms. The molecule has 0 radical (unpaired) electrons. The second-order valence-electron chi connectivity index (χ2n) is 5.71. The number of carbonyl (C=O) groups is 1.